The van der Waals surface area contributed by atoms with E-state index in [1.54, 1.807) is 24.3 Å². The van der Waals surface area contributed by atoms with Crippen molar-refractivity contribution in [2.75, 3.05) is 25.6 Å². The molecule has 2 aromatic rings. The topological polar surface area (TPSA) is 67.3 Å². The fraction of sp³-hybridized carbons (Fsp3) is 0.353. The minimum absolute atomic E-state index is 0.143. The first-order valence-corrected chi connectivity index (χ1v) is 7.52. The molecule has 0 spiro atoms. The van der Waals surface area contributed by atoms with Crippen molar-refractivity contribution in [2.45, 2.75) is 20.4 Å². The van der Waals surface area contributed by atoms with Crippen molar-refractivity contribution in [3.63, 3.8) is 0 Å². The summed E-state index contributed by atoms with van der Waals surface area (Å²) in [6, 6.07) is 8.94. The van der Waals surface area contributed by atoms with Crippen LogP contribution in [0, 0.1) is 6.92 Å². The van der Waals surface area contributed by atoms with Gasteiger partial charge in [0, 0.05) is 25.4 Å². The van der Waals surface area contributed by atoms with E-state index in [-0.39, 0.29) is 5.91 Å². The van der Waals surface area contributed by atoms with Crippen molar-refractivity contribution in [1.29, 1.82) is 0 Å². The molecule has 1 amide bonds. The van der Waals surface area contributed by atoms with Gasteiger partial charge < -0.3 is 15.0 Å². The first-order valence-electron chi connectivity index (χ1n) is 7.52. The maximum absolute atomic E-state index is 12.2. The Labute approximate surface area is 136 Å². The summed E-state index contributed by atoms with van der Waals surface area (Å²) in [5.41, 5.74) is 2.24. The van der Waals surface area contributed by atoms with Gasteiger partial charge in [0.1, 0.15) is 5.75 Å². The number of ether oxygens (including phenoxy) is 1. The fourth-order valence-electron chi connectivity index (χ4n) is 2.05. The highest BCUT2D eigenvalue weighted by Gasteiger charge is 2.08. The van der Waals surface area contributed by atoms with E-state index >= 15 is 0 Å². The number of carbonyl (C=O) groups is 1. The molecule has 1 aromatic heterocycles. The Morgan fingerprint density at radius 3 is 2.52 bits per heavy atom. The third-order valence-electron chi connectivity index (χ3n) is 3.15. The van der Waals surface area contributed by atoms with Crippen LogP contribution in [0.5, 0.6) is 5.75 Å². The normalized spacial score (nSPS) is 10.3. The molecule has 1 heterocycles. The van der Waals surface area contributed by atoms with Gasteiger partial charge in [0.25, 0.3) is 5.91 Å². The van der Waals surface area contributed by atoms with Crippen molar-refractivity contribution in [3.05, 3.63) is 47.3 Å². The third kappa shape index (κ3) is 4.67. The van der Waals surface area contributed by atoms with Gasteiger partial charge in [0.05, 0.1) is 18.8 Å². The molecule has 0 saturated heterocycles. The Hall–Kier alpha value is -2.63. The molecule has 0 radical (unpaired) electrons. The molecule has 0 unspecified atom stereocenters. The molecule has 0 aliphatic heterocycles. The molecule has 6 nitrogen and oxygen atoms in total. The zero-order chi connectivity index (χ0) is 16.8. The van der Waals surface area contributed by atoms with Gasteiger partial charge in [-0.15, -0.1) is 0 Å². The Balaban J connectivity index is 2.01. The Morgan fingerprint density at radius 1 is 1.22 bits per heavy atom. The van der Waals surface area contributed by atoms with Crippen LogP contribution in [-0.2, 0) is 6.54 Å². The summed E-state index contributed by atoms with van der Waals surface area (Å²) >= 11 is 0. The van der Waals surface area contributed by atoms with E-state index in [0.717, 1.165) is 17.1 Å². The molecule has 0 saturated carbocycles. The summed E-state index contributed by atoms with van der Waals surface area (Å²) in [5, 5.41) is 2.87. The average molecular weight is 314 g/mol. The zero-order valence-electron chi connectivity index (χ0n) is 14.0. The minimum Gasteiger partial charge on any atom is -0.494 e. The summed E-state index contributed by atoms with van der Waals surface area (Å²) in [5.74, 6) is 1.25. The molecule has 0 fully saturated rings. The van der Waals surface area contributed by atoms with Gasteiger partial charge in [-0.2, -0.15) is 0 Å². The van der Waals surface area contributed by atoms with Gasteiger partial charge in [-0.25, -0.2) is 9.97 Å². The van der Waals surface area contributed by atoms with Crippen molar-refractivity contribution in [2.24, 2.45) is 0 Å². The number of aryl methyl sites for hydroxylation is 1. The Kier molecular flexibility index (Phi) is 5.51. The lowest BCUT2D eigenvalue weighted by atomic mass is 10.2. The molecule has 0 aliphatic rings. The molecule has 1 N–H and O–H groups in total. The van der Waals surface area contributed by atoms with Crippen LogP contribution in [0.3, 0.4) is 0 Å². The van der Waals surface area contributed by atoms with Crippen LogP contribution in [0.1, 0.15) is 28.7 Å². The predicted molar refractivity (Wildman–Crippen MR) is 89.9 cm³/mol. The standard InChI is InChI=1S/C17H22N4O2/c1-5-23-15-8-6-13(7-9-15)16(22)18-11-14-10-12(2)19-17(20-14)21(3)4/h6-10H,5,11H2,1-4H3,(H,18,22). The van der Waals surface area contributed by atoms with E-state index in [2.05, 4.69) is 15.3 Å². The van der Waals surface area contributed by atoms with Gasteiger partial charge >= 0.3 is 0 Å². The lowest BCUT2D eigenvalue weighted by Crippen LogP contribution is -2.24. The van der Waals surface area contributed by atoms with Crippen LogP contribution in [0.15, 0.2) is 30.3 Å². The highest BCUT2D eigenvalue weighted by molar-refractivity contribution is 5.94. The maximum Gasteiger partial charge on any atom is 0.251 e. The summed E-state index contributed by atoms with van der Waals surface area (Å²) < 4.78 is 5.37. The number of rotatable bonds is 6. The van der Waals surface area contributed by atoms with Gasteiger partial charge in [-0.05, 0) is 44.2 Å². The van der Waals surface area contributed by atoms with Crippen LogP contribution in [0.25, 0.3) is 0 Å². The molecule has 0 bridgehead atoms. The van der Waals surface area contributed by atoms with Crippen LogP contribution in [0.4, 0.5) is 5.95 Å². The van der Waals surface area contributed by atoms with Gasteiger partial charge in [0.15, 0.2) is 0 Å². The molecule has 6 heteroatoms. The molecular formula is C17H22N4O2. The van der Waals surface area contributed by atoms with Crippen LogP contribution in [0.2, 0.25) is 0 Å². The molecular weight excluding hydrogens is 292 g/mol. The molecule has 2 rings (SSSR count). The molecule has 122 valence electrons. The average Bonchev–Trinajstić information content (AvgIpc) is 2.53. The lowest BCUT2D eigenvalue weighted by molar-refractivity contribution is 0.0950. The maximum atomic E-state index is 12.2. The number of benzene rings is 1. The molecule has 1 aromatic carbocycles. The van der Waals surface area contributed by atoms with Crippen molar-refractivity contribution >= 4 is 11.9 Å². The number of anilines is 1. The van der Waals surface area contributed by atoms with E-state index in [9.17, 15) is 4.79 Å². The van der Waals surface area contributed by atoms with Gasteiger partial charge in [0.2, 0.25) is 5.95 Å². The number of carbonyl (C=O) groups excluding carboxylic acids is 1. The molecule has 0 aliphatic carbocycles. The van der Waals surface area contributed by atoms with E-state index < -0.39 is 0 Å². The quantitative estimate of drug-likeness (QED) is 0.885. The van der Waals surface area contributed by atoms with Crippen LogP contribution in [-0.4, -0.2) is 36.6 Å². The second-order valence-corrected chi connectivity index (χ2v) is 5.34. The lowest BCUT2D eigenvalue weighted by Gasteiger charge is -2.13. The zero-order valence-corrected chi connectivity index (χ0v) is 14.0. The van der Waals surface area contributed by atoms with Gasteiger partial charge in [-0.1, -0.05) is 0 Å². The third-order valence-corrected chi connectivity index (χ3v) is 3.15. The molecule has 0 atom stereocenters. The smallest absolute Gasteiger partial charge is 0.251 e. The number of amides is 1. The highest BCUT2D eigenvalue weighted by Crippen LogP contribution is 2.12. The molecule has 23 heavy (non-hydrogen) atoms. The highest BCUT2D eigenvalue weighted by atomic mass is 16.5. The van der Waals surface area contributed by atoms with E-state index in [0.29, 0.717) is 24.7 Å². The predicted octanol–water partition coefficient (Wildman–Crippen LogP) is 2.18. The number of hydrogen-bond donors (Lipinski definition) is 1. The second-order valence-electron chi connectivity index (χ2n) is 5.34. The Bertz CT molecular complexity index is 669. The van der Waals surface area contributed by atoms with Crippen LogP contribution < -0.4 is 15.0 Å². The van der Waals surface area contributed by atoms with Crippen molar-refractivity contribution < 1.29 is 9.53 Å². The number of nitrogens with one attached hydrogen (secondary N) is 1. The summed E-state index contributed by atoms with van der Waals surface area (Å²) in [7, 11) is 3.77. The van der Waals surface area contributed by atoms with E-state index in [4.69, 9.17) is 4.74 Å². The number of hydrogen-bond acceptors (Lipinski definition) is 5. The van der Waals surface area contributed by atoms with Gasteiger partial charge in [-0.3, -0.25) is 4.79 Å². The van der Waals surface area contributed by atoms with E-state index in [1.165, 1.54) is 0 Å². The first-order chi connectivity index (χ1) is 11.0. The second kappa shape index (κ2) is 7.58. The summed E-state index contributed by atoms with van der Waals surface area (Å²) in [4.78, 5) is 22.8. The van der Waals surface area contributed by atoms with Crippen molar-refractivity contribution in [1.82, 2.24) is 15.3 Å². The Morgan fingerprint density at radius 2 is 1.91 bits per heavy atom. The number of aromatic nitrogens is 2. The first kappa shape index (κ1) is 16.7. The minimum atomic E-state index is -0.143. The number of nitrogens with zero attached hydrogens (tertiary/aromatic N) is 3. The fourth-order valence-corrected chi connectivity index (χ4v) is 2.05. The summed E-state index contributed by atoms with van der Waals surface area (Å²) in [6.45, 7) is 4.79. The largest absolute Gasteiger partial charge is 0.494 e. The monoisotopic (exact) mass is 314 g/mol. The van der Waals surface area contributed by atoms with Crippen molar-refractivity contribution in [3.8, 4) is 5.75 Å². The van der Waals surface area contributed by atoms with Crippen LogP contribution >= 0.6 is 0 Å². The summed E-state index contributed by atoms with van der Waals surface area (Å²) in [6.07, 6.45) is 0. The van der Waals surface area contributed by atoms with E-state index in [1.807, 2.05) is 38.9 Å². The SMILES string of the molecule is CCOc1ccc(C(=O)NCc2cc(C)nc(N(C)C)n2)cc1.